The molecule has 1 unspecified atom stereocenters. The van der Waals surface area contributed by atoms with Crippen LogP contribution in [0.15, 0.2) is 0 Å². The minimum Gasteiger partial charge on any atom is -0.324 e. The molecule has 0 radical (unpaired) electrons. The molecule has 0 saturated carbocycles. The Labute approximate surface area is 137 Å². The highest BCUT2D eigenvalue weighted by Gasteiger charge is 2.24. The molecular formula is C16H36NO4S+. The number of quaternary nitrogens is 1. The van der Waals surface area contributed by atoms with Gasteiger partial charge in [-0.05, 0) is 19.8 Å². The zero-order valence-corrected chi connectivity index (χ0v) is 15.7. The Hall–Kier alpha value is -0.170. The van der Waals surface area contributed by atoms with Crippen LogP contribution in [0.25, 0.3) is 0 Å². The third-order valence-corrected chi connectivity index (χ3v) is 5.03. The van der Waals surface area contributed by atoms with Gasteiger partial charge in [0.25, 0.3) is 0 Å². The minimum absolute atomic E-state index is 0.0214. The van der Waals surface area contributed by atoms with Crippen LogP contribution in [0.5, 0.6) is 0 Å². The van der Waals surface area contributed by atoms with Gasteiger partial charge in [-0.2, -0.15) is 8.42 Å². The summed E-state index contributed by atoms with van der Waals surface area (Å²) in [6, 6.07) is 0.449. The predicted octanol–water partition coefficient (Wildman–Crippen LogP) is 3.80. The highest BCUT2D eigenvalue weighted by Crippen LogP contribution is 2.16. The van der Waals surface area contributed by atoms with Gasteiger partial charge < -0.3 is 4.48 Å². The SMILES string of the molecule is CCCCCCCCCCC(C)[N+](C)(C)CCOS(=O)(=O)O. The van der Waals surface area contributed by atoms with E-state index in [-0.39, 0.29) is 6.61 Å². The lowest BCUT2D eigenvalue weighted by molar-refractivity contribution is -0.913. The molecule has 1 N–H and O–H groups in total. The van der Waals surface area contributed by atoms with Gasteiger partial charge in [0, 0.05) is 0 Å². The zero-order valence-electron chi connectivity index (χ0n) is 14.9. The lowest BCUT2D eigenvalue weighted by Gasteiger charge is -2.36. The Morgan fingerprint density at radius 1 is 1.00 bits per heavy atom. The molecule has 0 aliphatic rings. The Balaban J connectivity index is 3.73. The first-order valence-corrected chi connectivity index (χ1v) is 10.00. The molecule has 5 nitrogen and oxygen atoms in total. The predicted molar refractivity (Wildman–Crippen MR) is 91.2 cm³/mol. The number of likely N-dealkylation sites (N-methyl/N-ethyl adjacent to an activating group) is 1. The van der Waals surface area contributed by atoms with Crippen molar-refractivity contribution in [3.63, 3.8) is 0 Å². The number of rotatable bonds is 14. The fourth-order valence-electron chi connectivity index (χ4n) is 2.52. The van der Waals surface area contributed by atoms with Gasteiger partial charge in [0.2, 0.25) is 0 Å². The van der Waals surface area contributed by atoms with Crippen molar-refractivity contribution in [1.29, 1.82) is 0 Å². The molecule has 0 saturated heterocycles. The van der Waals surface area contributed by atoms with Crippen molar-refractivity contribution in [2.75, 3.05) is 27.2 Å². The lowest BCUT2D eigenvalue weighted by atomic mass is 10.0. The first kappa shape index (κ1) is 21.8. The van der Waals surface area contributed by atoms with Gasteiger partial charge in [-0.3, -0.25) is 4.55 Å². The molecule has 0 aromatic heterocycles. The van der Waals surface area contributed by atoms with E-state index < -0.39 is 10.4 Å². The first-order valence-electron chi connectivity index (χ1n) is 8.63. The van der Waals surface area contributed by atoms with E-state index in [1.807, 2.05) is 0 Å². The Morgan fingerprint density at radius 2 is 1.50 bits per heavy atom. The average molecular weight is 339 g/mol. The molecule has 0 heterocycles. The van der Waals surface area contributed by atoms with E-state index in [0.717, 1.165) is 6.42 Å². The summed E-state index contributed by atoms with van der Waals surface area (Å²) in [6.07, 6.45) is 11.7. The largest absolute Gasteiger partial charge is 0.397 e. The standard InChI is InChI=1S/C16H35NO4S/c1-5-6-7-8-9-10-11-12-13-16(2)17(3,4)14-15-21-22(18,19)20/h16H,5-15H2,1-4H3/p+1. The van der Waals surface area contributed by atoms with Crippen LogP contribution in [0, 0.1) is 0 Å². The summed E-state index contributed by atoms with van der Waals surface area (Å²) < 4.78 is 34.8. The normalized spacial score (nSPS) is 14.2. The van der Waals surface area contributed by atoms with E-state index in [2.05, 4.69) is 32.1 Å². The number of unbranched alkanes of at least 4 members (excludes halogenated alkanes) is 7. The molecule has 0 spiro atoms. The van der Waals surface area contributed by atoms with Crippen molar-refractivity contribution >= 4 is 10.4 Å². The van der Waals surface area contributed by atoms with Crippen LogP contribution in [0.2, 0.25) is 0 Å². The van der Waals surface area contributed by atoms with Gasteiger partial charge in [-0.15, -0.1) is 0 Å². The summed E-state index contributed by atoms with van der Waals surface area (Å²) in [5, 5.41) is 0. The smallest absolute Gasteiger partial charge is 0.324 e. The second kappa shape index (κ2) is 11.4. The van der Waals surface area contributed by atoms with Crippen molar-refractivity contribution in [3.8, 4) is 0 Å². The third kappa shape index (κ3) is 12.4. The molecule has 0 fully saturated rings. The number of hydrogen-bond acceptors (Lipinski definition) is 3. The molecule has 0 rings (SSSR count). The van der Waals surface area contributed by atoms with Crippen LogP contribution in [-0.4, -0.2) is 50.7 Å². The summed E-state index contributed by atoms with van der Waals surface area (Å²) in [6.45, 7) is 5.02. The molecule has 22 heavy (non-hydrogen) atoms. The van der Waals surface area contributed by atoms with Crippen LogP contribution in [-0.2, 0) is 14.6 Å². The van der Waals surface area contributed by atoms with E-state index in [9.17, 15) is 8.42 Å². The lowest BCUT2D eigenvalue weighted by Crippen LogP contribution is -2.49. The van der Waals surface area contributed by atoms with Crippen molar-refractivity contribution < 1.29 is 21.6 Å². The van der Waals surface area contributed by atoms with Gasteiger partial charge in [-0.25, -0.2) is 4.18 Å². The van der Waals surface area contributed by atoms with Gasteiger partial charge in [-0.1, -0.05) is 51.9 Å². The highest BCUT2D eigenvalue weighted by atomic mass is 32.3. The van der Waals surface area contributed by atoms with Crippen molar-refractivity contribution in [2.45, 2.75) is 77.7 Å². The molecular weight excluding hydrogens is 302 g/mol. The first-order chi connectivity index (χ1) is 10.2. The highest BCUT2D eigenvalue weighted by molar-refractivity contribution is 7.80. The Bertz CT molecular complexity index is 368. The molecule has 0 aliphatic carbocycles. The van der Waals surface area contributed by atoms with Crippen molar-refractivity contribution in [2.24, 2.45) is 0 Å². The van der Waals surface area contributed by atoms with Gasteiger partial charge in [0.1, 0.15) is 13.2 Å². The fraction of sp³-hybridized carbons (Fsp3) is 1.00. The molecule has 6 heteroatoms. The maximum absolute atomic E-state index is 10.6. The monoisotopic (exact) mass is 338 g/mol. The summed E-state index contributed by atoms with van der Waals surface area (Å²) in [5.74, 6) is 0. The molecule has 0 bridgehead atoms. The second-order valence-electron chi connectivity index (χ2n) is 6.86. The quantitative estimate of drug-likeness (QED) is 0.297. The molecule has 0 aromatic carbocycles. The Morgan fingerprint density at radius 3 is 2.00 bits per heavy atom. The number of nitrogens with zero attached hydrogens (tertiary/aromatic N) is 1. The summed E-state index contributed by atoms with van der Waals surface area (Å²) >= 11 is 0. The molecule has 1 atom stereocenters. The molecule has 134 valence electrons. The van der Waals surface area contributed by atoms with Gasteiger partial charge in [0.05, 0.1) is 20.1 Å². The van der Waals surface area contributed by atoms with Crippen molar-refractivity contribution in [1.82, 2.24) is 0 Å². The van der Waals surface area contributed by atoms with E-state index in [1.54, 1.807) is 0 Å². The van der Waals surface area contributed by atoms with Gasteiger partial charge in [0.15, 0.2) is 0 Å². The number of hydrogen-bond donors (Lipinski definition) is 1. The van der Waals surface area contributed by atoms with Crippen molar-refractivity contribution in [3.05, 3.63) is 0 Å². The summed E-state index contributed by atoms with van der Waals surface area (Å²) in [5.41, 5.74) is 0. The minimum atomic E-state index is -4.32. The Kier molecular flexibility index (Phi) is 11.3. The van der Waals surface area contributed by atoms with E-state index in [4.69, 9.17) is 4.55 Å². The maximum atomic E-state index is 10.6. The van der Waals surface area contributed by atoms with E-state index in [1.165, 1.54) is 51.4 Å². The molecule has 0 amide bonds. The van der Waals surface area contributed by atoms with Crippen LogP contribution in [0.1, 0.15) is 71.6 Å². The van der Waals surface area contributed by atoms with Crippen LogP contribution < -0.4 is 0 Å². The second-order valence-corrected chi connectivity index (χ2v) is 7.96. The maximum Gasteiger partial charge on any atom is 0.397 e. The fourth-order valence-corrected chi connectivity index (χ4v) is 2.81. The average Bonchev–Trinajstić information content (AvgIpc) is 2.39. The molecule has 0 aliphatic heterocycles. The topological polar surface area (TPSA) is 63.6 Å². The zero-order chi connectivity index (χ0) is 17.1. The van der Waals surface area contributed by atoms with E-state index >= 15 is 0 Å². The van der Waals surface area contributed by atoms with Crippen LogP contribution in [0.3, 0.4) is 0 Å². The summed E-state index contributed by atoms with van der Waals surface area (Å²) in [4.78, 5) is 0. The van der Waals surface area contributed by atoms with Gasteiger partial charge >= 0.3 is 10.4 Å². The van der Waals surface area contributed by atoms with Crippen LogP contribution in [0.4, 0.5) is 0 Å². The molecule has 0 aromatic rings. The van der Waals surface area contributed by atoms with Crippen LogP contribution >= 0.6 is 0 Å². The van der Waals surface area contributed by atoms with E-state index in [0.29, 0.717) is 17.1 Å². The third-order valence-electron chi connectivity index (χ3n) is 4.57. The summed E-state index contributed by atoms with van der Waals surface area (Å²) in [7, 11) is -0.172.